The van der Waals surface area contributed by atoms with Gasteiger partial charge in [-0.3, -0.25) is 24.1 Å². The fourth-order valence-corrected chi connectivity index (χ4v) is 5.18. The van der Waals surface area contributed by atoms with Crippen molar-refractivity contribution in [1.29, 1.82) is 0 Å². The Morgan fingerprint density at radius 1 is 1.19 bits per heavy atom. The summed E-state index contributed by atoms with van der Waals surface area (Å²) in [4.78, 5) is 53.6. The van der Waals surface area contributed by atoms with Crippen LogP contribution in [-0.4, -0.2) is 58.4 Å². The monoisotopic (exact) mass is 473 g/mol. The molecule has 0 aliphatic carbocycles. The van der Waals surface area contributed by atoms with Gasteiger partial charge >= 0.3 is 0 Å². The predicted molar refractivity (Wildman–Crippen MR) is 120 cm³/mol. The minimum atomic E-state index is -0.558. The number of nitrogens with one attached hydrogen (secondary N) is 1. The van der Waals surface area contributed by atoms with Crippen LogP contribution in [0.15, 0.2) is 46.7 Å². The lowest BCUT2D eigenvalue weighted by Crippen LogP contribution is -2.47. The molecule has 0 spiro atoms. The molecule has 2 aliphatic heterocycles. The van der Waals surface area contributed by atoms with Gasteiger partial charge in [-0.2, -0.15) is 0 Å². The van der Waals surface area contributed by atoms with Crippen LogP contribution >= 0.6 is 23.1 Å². The minimum absolute atomic E-state index is 0.0305. The van der Waals surface area contributed by atoms with Crippen LogP contribution < -0.4 is 5.32 Å². The highest BCUT2D eigenvalue weighted by atomic mass is 32.2. The number of carbonyl (C=O) groups is 4. The van der Waals surface area contributed by atoms with Crippen molar-refractivity contribution in [3.8, 4) is 0 Å². The van der Waals surface area contributed by atoms with E-state index in [1.165, 1.54) is 41.7 Å². The number of likely N-dealkylation sites (tertiary alicyclic amines) is 1. The maximum atomic E-state index is 13.0. The summed E-state index contributed by atoms with van der Waals surface area (Å²) in [6.07, 6.45) is 2.85. The lowest BCUT2D eigenvalue weighted by molar-refractivity contribution is -0.126. The van der Waals surface area contributed by atoms with E-state index in [1.807, 2.05) is 5.38 Å². The lowest BCUT2D eigenvalue weighted by atomic mass is 10.2. The van der Waals surface area contributed by atoms with Gasteiger partial charge in [0.2, 0.25) is 5.91 Å². The van der Waals surface area contributed by atoms with Gasteiger partial charge in [-0.05, 0) is 59.8 Å². The Balaban J connectivity index is 1.32. The zero-order chi connectivity index (χ0) is 22.7. The first-order valence-corrected chi connectivity index (χ1v) is 11.8. The molecule has 0 bridgehead atoms. The normalized spacial score (nSPS) is 19.8. The van der Waals surface area contributed by atoms with E-state index in [-0.39, 0.29) is 35.6 Å². The highest BCUT2D eigenvalue weighted by Crippen LogP contribution is 2.32. The summed E-state index contributed by atoms with van der Waals surface area (Å²) in [7, 11) is 0. The number of hydrogen-bond acceptors (Lipinski definition) is 6. The standard InChI is InChI=1S/C22H20FN3O4S2/c23-15-7-5-14(6-8-15)13-18-21(29)26(22(30)32-18)11-9-24-19(27)16-3-1-10-25(16)20(28)17-4-2-12-31-17/h2,4-8,12-13,16H,1,3,9-11H2,(H,24,27)/b18-13-. The van der Waals surface area contributed by atoms with E-state index in [9.17, 15) is 23.6 Å². The van der Waals surface area contributed by atoms with Gasteiger partial charge in [0.1, 0.15) is 11.9 Å². The Morgan fingerprint density at radius 3 is 2.69 bits per heavy atom. The van der Waals surface area contributed by atoms with E-state index in [0.29, 0.717) is 23.4 Å². The quantitative estimate of drug-likeness (QED) is 0.651. The van der Waals surface area contributed by atoms with E-state index in [2.05, 4.69) is 5.32 Å². The second-order valence-electron chi connectivity index (χ2n) is 7.31. The summed E-state index contributed by atoms with van der Waals surface area (Å²) in [5.74, 6) is -1.28. The largest absolute Gasteiger partial charge is 0.353 e. The lowest BCUT2D eigenvalue weighted by Gasteiger charge is -2.23. The third kappa shape index (κ3) is 4.76. The average Bonchev–Trinajstić information content (AvgIpc) is 3.53. The van der Waals surface area contributed by atoms with Gasteiger partial charge in [0.25, 0.3) is 17.1 Å². The van der Waals surface area contributed by atoms with Crippen molar-refractivity contribution in [3.63, 3.8) is 0 Å². The molecule has 4 amide bonds. The number of nitrogens with zero attached hydrogens (tertiary/aromatic N) is 2. The molecule has 3 heterocycles. The maximum absolute atomic E-state index is 13.0. The van der Waals surface area contributed by atoms with Gasteiger partial charge in [0, 0.05) is 19.6 Å². The van der Waals surface area contributed by atoms with E-state index in [0.717, 1.165) is 23.1 Å². The fraction of sp³-hybridized carbons (Fsp3) is 0.273. The van der Waals surface area contributed by atoms with E-state index >= 15 is 0 Å². The zero-order valence-electron chi connectivity index (χ0n) is 17.0. The first-order valence-electron chi connectivity index (χ1n) is 10.1. The second-order valence-corrected chi connectivity index (χ2v) is 9.25. The van der Waals surface area contributed by atoms with Crippen molar-refractivity contribution in [3.05, 3.63) is 62.9 Å². The molecule has 166 valence electrons. The fourth-order valence-electron chi connectivity index (χ4n) is 3.64. The predicted octanol–water partition coefficient (Wildman–Crippen LogP) is 3.34. The van der Waals surface area contributed by atoms with Gasteiger partial charge in [-0.1, -0.05) is 18.2 Å². The molecule has 1 unspecified atom stereocenters. The summed E-state index contributed by atoms with van der Waals surface area (Å²) in [5, 5.41) is 4.14. The van der Waals surface area contributed by atoms with Crippen LogP contribution in [0.4, 0.5) is 9.18 Å². The van der Waals surface area contributed by atoms with Crippen molar-refractivity contribution in [2.75, 3.05) is 19.6 Å². The van der Waals surface area contributed by atoms with Gasteiger partial charge in [-0.25, -0.2) is 4.39 Å². The molecule has 7 nitrogen and oxygen atoms in total. The Morgan fingerprint density at radius 2 is 1.97 bits per heavy atom. The first kappa shape index (κ1) is 22.2. The Labute approximate surface area is 192 Å². The molecule has 0 radical (unpaired) electrons. The molecule has 2 fully saturated rings. The number of amides is 4. The van der Waals surface area contributed by atoms with E-state index in [1.54, 1.807) is 17.0 Å². The van der Waals surface area contributed by atoms with Crippen LogP contribution in [0.1, 0.15) is 28.1 Å². The van der Waals surface area contributed by atoms with Crippen LogP contribution in [0.5, 0.6) is 0 Å². The molecule has 2 aromatic rings. The summed E-state index contributed by atoms with van der Waals surface area (Å²) < 4.78 is 13.0. The third-order valence-corrected chi connectivity index (χ3v) is 6.99. The Bertz CT molecular complexity index is 1070. The molecule has 1 aromatic carbocycles. The summed E-state index contributed by atoms with van der Waals surface area (Å²) in [5.41, 5.74) is 0.613. The Hall–Kier alpha value is -2.98. The van der Waals surface area contributed by atoms with Crippen LogP contribution in [0.3, 0.4) is 0 Å². The van der Waals surface area contributed by atoms with Gasteiger partial charge in [-0.15, -0.1) is 11.3 Å². The molecule has 1 atom stereocenters. The van der Waals surface area contributed by atoms with Crippen LogP contribution in [-0.2, 0) is 9.59 Å². The molecule has 2 aliphatic rings. The number of carbonyl (C=O) groups excluding carboxylic acids is 4. The summed E-state index contributed by atoms with van der Waals surface area (Å²) in [6, 6.07) is 8.58. The number of imide groups is 1. The third-order valence-electron chi connectivity index (χ3n) is 5.22. The van der Waals surface area contributed by atoms with Crippen LogP contribution in [0.2, 0.25) is 0 Å². The molecule has 1 aromatic heterocycles. The molecule has 32 heavy (non-hydrogen) atoms. The number of halogens is 1. The highest BCUT2D eigenvalue weighted by Gasteiger charge is 2.36. The number of rotatable bonds is 6. The van der Waals surface area contributed by atoms with E-state index < -0.39 is 17.2 Å². The topological polar surface area (TPSA) is 86.8 Å². The Kier molecular flexibility index (Phi) is 6.71. The number of thioether (sulfide) groups is 1. The van der Waals surface area contributed by atoms with Crippen molar-refractivity contribution in [2.45, 2.75) is 18.9 Å². The molecule has 10 heteroatoms. The van der Waals surface area contributed by atoms with Crippen LogP contribution in [0, 0.1) is 5.82 Å². The molecule has 0 saturated carbocycles. The average molecular weight is 474 g/mol. The van der Waals surface area contributed by atoms with Gasteiger partial charge < -0.3 is 10.2 Å². The van der Waals surface area contributed by atoms with Gasteiger partial charge in [0.15, 0.2) is 0 Å². The zero-order valence-corrected chi connectivity index (χ0v) is 18.6. The SMILES string of the molecule is O=C(NCCN1C(=O)S/C(=C\c2ccc(F)cc2)C1=O)C1CCCN1C(=O)c1cccs1. The number of hydrogen-bond donors (Lipinski definition) is 1. The van der Waals surface area contributed by atoms with Crippen molar-refractivity contribution in [1.82, 2.24) is 15.1 Å². The van der Waals surface area contributed by atoms with E-state index in [4.69, 9.17) is 0 Å². The van der Waals surface area contributed by atoms with Crippen molar-refractivity contribution < 1.29 is 23.6 Å². The minimum Gasteiger partial charge on any atom is -0.353 e. The second kappa shape index (κ2) is 9.66. The number of thiophene rings is 1. The molecule has 4 rings (SSSR count). The number of benzene rings is 1. The highest BCUT2D eigenvalue weighted by molar-refractivity contribution is 8.18. The van der Waals surface area contributed by atoms with Crippen molar-refractivity contribution in [2.24, 2.45) is 0 Å². The molecule has 2 saturated heterocycles. The molecular weight excluding hydrogens is 453 g/mol. The summed E-state index contributed by atoms with van der Waals surface area (Å²) in [6.45, 7) is 0.646. The maximum Gasteiger partial charge on any atom is 0.293 e. The van der Waals surface area contributed by atoms with Crippen LogP contribution in [0.25, 0.3) is 6.08 Å². The molecule has 1 N–H and O–H groups in total. The van der Waals surface area contributed by atoms with Gasteiger partial charge in [0.05, 0.1) is 9.78 Å². The smallest absolute Gasteiger partial charge is 0.293 e. The molecular formula is C22H20FN3O4S2. The summed E-state index contributed by atoms with van der Waals surface area (Å²) >= 11 is 2.15. The van der Waals surface area contributed by atoms with Crippen molar-refractivity contribution >= 4 is 52.1 Å². The first-order chi connectivity index (χ1) is 15.4.